The van der Waals surface area contributed by atoms with Crippen molar-refractivity contribution in [3.63, 3.8) is 0 Å². The number of hydrogen-bond donors (Lipinski definition) is 1. The van der Waals surface area contributed by atoms with E-state index in [1.807, 2.05) is 24.4 Å². The second-order valence-corrected chi connectivity index (χ2v) is 6.69. The Morgan fingerprint density at radius 1 is 1.30 bits per heavy atom. The highest BCUT2D eigenvalue weighted by atomic mass is 32.1. The van der Waals surface area contributed by atoms with Gasteiger partial charge in [0.2, 0.25) is 5.91 Å². The minimum Gasteiger partial charge on any atom is -0.358 e. The van der Waals surface area contributed by atoms with Gasteiger partial charge in [-0.3, -0.25) is 14.5 Å². The summed E-state index contributed by atoms with van der Waals surface area (Å²) < 4.78 is 1.78. The van der Waals surface area contributed by atoms with Gasteiger partial charge in [0, 0.05) is 37.8 Å². The van der Waals surface area contributed by atoms with Crippen LogP contribution < -0.4 is 10.2 Å². The summed E-state index contributed by atoms with van der Waals surface area (Å²) in [4.78, 5) is 26.4. The van der Waals surface area contributed by atoms with Crippen molar-refractivity contribution in [3.05, 3.63) is 56.1 Å². The number of carbonyl (C=O) groups is 1. The number of fused-ring (bicyclic) bond motifs is 1. The number of rotatable bonds is 4. The Balaban J connectivity index is 1.81. The predicted octanol–water partition coefficient (Wildman–Crippen LogP) is 1.39. The number of amides is 1. The third-order valence-electron chi connectivity index (χ3n) is 4.48. The Bertz CT molecular complexity index is 765. The average Bonchev–Trinajstić information content (AvgIpc) is 2.89. The van der Waals surface area contributed by atoms with Crippen LogP contribution in [0.1, 0.15) is 16.8 Å². The van der Waals surface area contributed by atoms with Crippen molar-refractivity contribution in [2.24, 2.45) is 0 Å². The highest BCUT2D eigenvalue weighted by Crippen LogP contribution is 2.23. The highest BCUT2D eigenvalue weighted by Gasteiger charge is 2.30. The van der Waals surface area contributed by atoms with Crippen LogP contribution in [0.3, 0.4) is 0 Å². The van der Waals surface area contributed by atoms with E-state index in [0.29, 0.717) is 19.5 Å². The molecule has 0 unspecified atom stereocenters. The molecule has 122 valence electrons. The van der Waals surface area contributed by atoms with E-state index in [2.05, 4.69) is 22.3 Å². The van der Waals surface area contributed by atoms with E-state index < -0.39 is 0 Å². The number of nitrogens with one attached hydrogen (secondary N) is 1. The summed E-state index contributed by atoms with van der Waals surface area (Å²) in [6.45, 7) is 3.99. The molecule has 0 fully saturated rings. The van der Waals surface area contributed by atoms with E-state index in [0.717, 1.165) is 12.2 Å². The van der Waals surface area contributed by atoms with Crippen molar-refractivity contribution in [1.29, 1.82) is 0 Å². The Labute approximate surface area is 139 Å². The zero-order valence-electron chi connectivity index (χ0n) is 13.4. The maximum atomic E-state index is 12.3. The van der Waals surface area contributed by atoms with E-state index in [4.69, 9.17) is 0 Å². The Hall–Kier alpha value is -1.92. The normalized spacial score (nSPS) is 17.7. The first-order chi connectivity index (χ1) is 11.1. The molecule has 0 radical (unpaired) electrons. The number of carbonyl (C=O) groups excluding carboxylic acids is 1. The molecular formula is C17H21N3O2S. The molecule has 1 aromatic carbocycles. The van der Waals surface area contributed by atoms with Gasteiger partial charge in [-0.05, 0) is 24.5 Å². The van der Waals surface area contributed by atoms with Gasteiger partial charge in [0.1, 0.15) is 0 Å². The smallest absolute Gasteiger partial charge is 0.307 e. The molecule has 3 rings (SSSR count). The molecule has 0 bridgehead atoms. The first-order valence-electron chi connectivity index (χ1n) is 7.77. The Morgan fingerprint density at radius 3 is 2.70 bits per heavy atom. The van der Waals surface area contributed by atoms with Gasteiger partial charge in [-0.2, -0.15) is 0 Å². The van der Waals surface area contributed by atoms with E-state index in [9.17, 15) is 9.59 Å². The summed E-state index contributed by atoms with van der Waals surface area (Å²) in [5, 5.41) is 4.64. The Kier molecular flexibility index (Phi) is 4.63. The lowest BCUT2D eigenvalue weighted by Gasteiger charge is -2.35. The standard InChI is InChI=1S/C17H21N3O2S/c1-12-11-23-17(22)20(12)8-7-19-10-14-6-4-3-5-13(14)9-15(19)16(21)18-2/h3-6,11,15H,7-10H2,1-2H3,(H,18,21)/t15-/m0/s1. The third kappa shape index (κ3) is 3.23. The molecule has 6 heteroatoms. The van der Waals surface area contributed by atoms with Crippen molar-refractivity contribution in [3.8, 4) is 0 Å². The predicted molar refractivity (Wildman–Crippen MR) is 91.7 cm³/mol. The summed E-state index contributed by atoms with van der Waals surface area (Å²) in [7, 11) is 1.68. The SMILES string of the molecule is CNC(=O)[C@@H]1Cc2ccccc2CN1CCn1c(C)csc1=O. The van der Waals surface area contributed by atoms with Crippen LogP contribution in [0, 0.1) is 6.92 Å². The molecule has 1 aliphatic rings. The molecule has 1 N–H and O–H groups in total. The van der Waals surface area contributed by atoms with Crippen LogP contribution in [0.2, 0.25) is 0 Å². The zero-order valence-corrected chi connectivity index (χ0v) is 14.2. The number of thiazole rings is 1. The minimum atomic E-state index is -0.176. The van der Waals surface area contributed by atoms with Crippen molar-refractivity contribution in [1.82, 2.24) is 14.8 Å². The summed E-state index contributed by atoms with van der Waals surface area (Å²) in [5.41, 5.74) is 3.48. The van der Waals surface area contributed by atoms with Gasteiger partial charge < -0.3 is 9.88 Å². The first kappa shape index (κ1) is 16.0. The number of likely N-dealkylation sites (N-methyl/N-ethyl adjacent to an activating group) is 1. The van der Waals surface area contributed by atoms with Crippen molar-refractivity contribution < 1.29 is 4.79 Å². The van der Waals surface area contributed by atoms with E-state index in [1.165, 1.54) is 22.5 Å². The van der Waals surface area contributed by atoms with Gasteiger partial charge in [0.25, 0.3) is 0 Å². The van der Waals surface area contributed by atoms with Gasteiger partial charge in [-0.25, -0.2) is 0 Å². The van der Waals surface area contributed by atoms with Crippen LogP contribution in [-0.4, -0.2) is 35.0 Å². The van der Waals surface area contributed by atoms with Crippen molar-refractivity contribution in [2.45, 2.75) is 32.5 Å². The quantitative estimate of drug-likeness (QED) is 0.921. The highest BCUT2D eigenvalue weighted by molar-refractivity contribution is 7.07. The summed E-state index contributed by atoms with van der Waals surface area (Å²) in [5.74, 6) is 0.0360. The van der Waals surface area contributed by atoms with Crippen LogP contribution >= 0.6 is 11.3 Å². The summed E-state index contributed by atoms with van der Waals surface area (Å²) in [6, 6.07) is 8.08. The fourth-order valence-corrected chi connectivity index (χ4v) is 3.90. The molecule has 0 aliphatic carbocycles. The molecule has 2 heterocycles. The topological polar surface area (TPSA) is 54.3 Å². The van der Waals surface area contributed by atoms with Crippen LogP contribution in [0.5, 0.6) is 0 Å². The molecule has 1 aromatic heterocycles. The van der Waals surface area contributed by atoms with E-state index >= 15 is 0 Å². The molecular weight excluding hydrogens is 310 g/mol. The number of nitrogens with zero attached hydrogens (tertiary/aromatic N) is 2. The van der Waals surface area contributed by atoms with E-state index in [1.54, 1.807) is 11.6 Å². The summed E-state index contributed by atoms with van der Waals surface area (Å²) >= 11 is 1.23. The minimum absolute atomic E-state index is 0.0360. The maximum Gasteiger partial charge on any atom is 0.307 e. The summed E-state index contributed by atoms with van der Waals surface area (Å²) in [6.07, 6.45) is 0.716. The Morgan fingerprint density at radius 2 is 2.04 bits per heavy atom. The molecule has 1 amide bonds. The van der Waals surface area contributed by atoms with Gasteiger partial charge in [0.15, 0.2) is 0 Å². The molecule has 0 saturated carbocycles. The zero-order chi connectivity index (χ0) is 16.4. The molecule has 1 aliphatic heterocycles. The second-order valence-electron chi connectivity index (χ2n) is 5.87. The van der Waals surface area contributed by atoms with Gasteiger partial charge in [-0.15, -0.1) is 0 Å². The lowest BCUT2D eigenvalue weighted by Crippen LogP contribution is -2.50. The lowest BCUT2D eigenvalue weighted by molar-refractivity contribution is -0.126. The molecule has 0 spiro atoms. The van der Waals surface area contributed by atoms with Crippen LogP contribution in [0.25, 0.3) is 0 Å². The number of aryl methyl sites for hydroxylation is 1. The largest absolute Gasteiger partial charge is 0.358 e. The fourth-order valence-electron chi connectivity index (χ4n) is 3.14. The van der Waals surface area contributed by atoms with Crippen LogP contribution in [0.15, 0.2) is 34.4 Å². The lowest BCUT2D eigenvalue weighted by atomic mass is 9.93. The number of aromatic nitrogens is 1. The average molecular weight is 331 g/mol. The van der Waals surface area contributed by atoms with Crippen LogP contribution in [0.4, 0.5) is 0 Å². The molecule has 2 aromatic rings. The number of hydrogen-bond acceptors (Lipinski definition) is 4. The maximum absolute atomic E-state index is 12.3. The van der Waals surface area contributed by atoms with Gasteiger partial charge >= 0.3 is 4.87 Å². The monoisotopic (exact) mass is 331 g/mol. The molecule has 0 saturated heterocycles. The fraction of sp³-hybridized carbons (Fsp3) is 0.412. The van der Waals surface area contributed by atoms with Crippen molar-refractivity contribution >= 4 is 17.2 Å². The van der Waals surface area contributed by atoms with Crippen LogP contribution in [-0.2, 0) is 24.3 Å². The van der Waals surface area contributed by atoms with E-state index in [-0.39, 0.29) is 16.8 Å². The second kappa shape index (κ2) is 6.68. The van der Waals surface area contributed by atoms with Gasteiger partial charge in [-0.1, -0.05) is 35.6 Å². The molecule has 5 nitrogen and oxygen atoms in total. The first-order valence-corrected chi connectivity index (χ1v) is 8.65. The van der Waals surface area contributed by atoms with Crippen molar-refractivity contribution in [2.75, 3.05) is 13.6 Å². The third-order valence-corrected chi connectivity index (χ3v) is 5.36. The molecule has 1 atom stereocenters. The number of benzene rings is 1. The molecule has 23 heavy (non-hydrogen) atoms. The van der Waals surface area contributed by atoms with Gasteiger partial charge in [0.05, 0.1) is 6.04 Å².